The van der Waals surface area contributed by atoms with Gasteiger partial charge in [-0.25, -0.2) is 0 Å². The summed E-state index contributed by atoms with van der Waals surface area (Å²) < 4.78 is 25.8. The minimum Gasteiger partial charge on any atom is -0.487 e. The molecule has 2 aromatic rings. The van der Waals surface area contributed by atoms with Crippen LogP contribution in [0.4, 0.5) is 0 Å². The molecule has 9 unspecified atom stereocenters. The van der Waals surface area contributed by atoms with Gasteiger partial charge >= 0.3 is 11.9 Å². The van der Waals surface area contributed by atoms with Gasteiger partial charge in [0.2, 0.25) is 0 Å². The molecule has 3 aliphatic rings. The summed E-state index contributed by atoms with van der Waals surface area (Å²) in [6, 6.07) is 2.00. The van der Waals surface area contributed by atoms with E-state index >= 15 is 0 Å². The van der Waals surface area contributed by atoms with Crippen LogP contribution in [0.5, 0.6) is 23.0 Å². The van der Waals surface area contributed by atoms with E-state index < -0.39 is 5.60 Å². The van der Waals surface area contributed by atoms with Crippen molar-refractivity contribution in [3.8, 4) is 23.0 Å². The number of ketones is 2. The Hall–Kier alpha value is -2.78. The number of allylic oxidation sites excluding steroid dienone is 4. The topological polar surface area (TPSA) is 125 Å². The minimum atomic E-state index is -0.804. The number of halogens is 2. The molecule has 1 N–H and O–H groups in total. The van der Waals surface area contributed by atoms with Gasteiger partial charge in [0.1, 0.15) is 34.2 Å². The van der Waals surface area contributed by atoms with E-state index in [1.807, 2.05) is 49.4 Å². The molecule has 2 heterocycles. The van der Waals surface area contributed by atoms with Crippen molar-refractivity contribution >= 4 is 68.7 Å². The number of fused-ring (bicyclic) bond motifs is 2. The zero-order valence-corrected chi connectivity index (χ0v) is 71.9. The largest absolute Gasteiger partial charge is 0.487 e. The first-order valence-corrected chi connectivity index (χ1v) is 42.0. The van der Waals surface area contributed by atoms with E-state index in [1.54, 1.807) is 13.8 Å². The van der Waals surface area contributed by atoms with Crippen molar-refractivity contribution < 1.29 is 43.2 Å². The molecule has 566 valence electrons. The van der Waals surface area contributed by atoms with Gasteiger partial charge in [-0.1, -0.05) is 224 Å². The molecule has 0 amide bonds. The second-order valence-corrected chi connectivity index (χ2v) is 36.5. The van der Waals surface area contributed by atoms with Gasteiger partial charge in [0.15, 0.2) is 11.6 Å². The highest BCUT2D eigenvalue weighted by Gasteiger charge is 2.37. The van der Waals surface area contributed by atoms with E-state index in [9.17, 15) is 24.3 Å². The molecule has 9 nitrogen and oxygen atoms in total. The highest BCUT2D eigenvalue weighted by Crippen LogP contribution is 2.47. The average Bonchev–Trinajstić information content (AvgIpc) is 0.778. The lowest BCUT2D eigenvalue weighted by atomic mass is 9.84. The molecule has 11 heteroatoms. The standard InChI is InChI=1S/C30H49IO3.C30H50O3.C28H47IO3/c1-20(2)12-9-13-21(3)14-10-15-22(4)16-11-18-30(8)19-17-26-27(31)29(33-25(7)32)24(6)23(5)28(26)34-30;1-21(2)12-9-13-22(3)14-10-15-23(4)16-11-18-30(8)19-17-27-20-28(32-26(7)31)24(5)25(6)29(27)33-30;1-19(2)11-8-12-20(3)13-9-14-21(4)15-10-17-28(7,32)18-16-24-25(29)27(31)23(6)22(5)26(24)30/h20-22H,9-19H2,1-8H3;20-23H,9-19H2,1-8H3;19-21,32H,8-18H2,1-7H3. The highest BCUT2D eigenvalue weighted by atomic mass is 127. The number of hydrogen-bond acceptors (Lipinski definition) is 9. The molecule has 0 radical (unpaired) electrons. The maximum absolute atomic E-state index is 12.6. The van der Waals surface area contributed by atoms with Crippen LogP contribution in [-0.2, 0) is 32.0 Å². The van der Waals surface area contributed by atoms with E-state index in [4.69, 9.17) is 18.9 Å². The van der Waals surface area contributed by atoms with Crippen LogP contribution in [0.25, 0.3) is 0 Å². The maximum Gasteiger partial charge on any atom is 0.308 e. The van der Waals surface area contributed by atoms with E-state index in [2.05, 4.69) is 133 Å². The fourth-order valence-corrected chi connectivity index (χ4v) is 16.9. The first-order valence-electron chi connectivity index (χ1n) is 39.9. The number of carbonyl (C=O) groups excluding carboxylic acids is 4. The summed E-state index contributed by atoms with van der Waals surface area (Å²) in [6.45, 7) is 49.3. The second kappa shape index (κ2) is 44.9. The minimum absolute atomic E-state index is 0.0330. The molecule has 2 aromatic carbocycles. The van der Waals surface area contributed by atoms with Crippen molar-refractivity contribution in [2.75, 3.05) is 0 Å². The Morgan fingerprint density at radius 3 is 1.27 bits per heavy atom. The maximum atomic E-state index is 12.6. The van der Waals surface area contributed by atoms with Crippen molar-refractivity contribution in [2.24, 2.45) is 53.3 Å². The SMILES string of the molecule is CC(=O)Oc1c(C)c(C)c2c(c1I)CCC(C)(CCCC(C)CCCC(C)CCCC(C)C)O2.CC(=O)Oc1cc2c(c(C)c1C)OC(C)(CCCC(C)CCCC(C)CCCC(C)C)CC2.CC1=C(C)C(=O)C(CCC(C)(O)CCCC(C)CCCC(C)CCCC(C)C)=C(I)C1=O. The normalized spacial score (nSPS) is 19.4. The van der Waals surface area contributed by atoms with Crippen molar-refractivity contribution in [1.82, 2.24) is 0 Å². The lowest BCUT2D eigenvalue weighted by Crippen LogP contribution is -2.37. The molecule has 2 aliphatic heterocycles. The third-order valence-corrected chi connectivity index (χ3v) is 24.9. The van der Waals surface area contributed by atoms with Gasteiger partial charge in [0.05, 0.1) is 12.8 Å². The summed E-state index contributed by atoms with van der Waals surface area (Å²) in [5, 5.41) is 10.9. The van der Waals surface area contributed by atoms with Gasteiger partial charge in [-0.15, -0.1) is 0 Å². The van der Waals surface area contributed by atoms with Crippen LogP contribution in [0.1, 0.15) is 364 Å². The zero-order valence-electron chi connectivity index (χ0n) is 67.6. The molecule has 0 saturated carbocycles. The Balaban J connectivity index is 0.000000387. The fraction of sp³-hybridized carbons (Fsp3) is 0.773. The zero-order chi connectivity index (χ0) is 74.5. The quantitative estimate of drug-likeness (QED) is 0.0300. The Morgan fingerprint density at radius 1 is 0.495 bits per heavy atom. The lowest BCUT2D eigenvalue weighted by Gasteiger charge is -2.38. The number of esters is 2. The van der Waals surface area contributed by atoms with Crippen molar-refractivity contribution in [1.29, 1.82) is 0 Å². The number of ether oxygens (including phenoxy) is 4. The summed E-state index contributed by atoms with van der Waals surface area (Å²) in [5.74, 6) is 10.1. The van der Waals surface area contributed by atoms with Crippen molar-refractivity contribution in [3.05, 3.63) is 63.3 Å². The first-order chi connectivity index (χ1) is 46.3. The fourth-order valence-electron chi connectivity index (χ4n) is 15.0. The third kappa shape index (κ3) is 33.1. The average molecular weight is 1600 g/mol. The van der Waals surface area contributed by atoms with E-state index in [0.717, 1.165) is 142 Å². The predicted octanol–water partition coefficient (Wildman–Crippen LogP) is 26.2. The molecule has 0 saturated heterocycles. The lowest BCUT2D eigenvalue weighted by molar-refractivity contribution is -0.132. The highest BCUT2D eigenvalue weighted by molar-refractivity contribution is 14.1. The Morgan fingerprint density at radius 2 is 0.859 bits per heavy atom. The molecule has 0 spiro atoms. The van der Waals surface area contributed by atoms with Crippen LogP contribution in [0.3, 0.4) is 0 Å². The molecule has 1 aliphatic carbocycles. The third-order valence-electron chi connectivity index (χ3n) is 22.6. The summed E-state index contributed by atoms with van der Waals surface area (Å²) >= 11 is 4.31. The van der Waals surface area contributed by atoms with Gasteiger partial charge in [0.25, 0.3) is 0 Å². The number of rotatable bonds is 41. The smallest absolute Gasteiger partial charge is 0.308 e. The molecule has 5 rings (SSSR count). The van der Waals surface area contributed by atoms with E-state index in [-0.39, 0.29) is 34.7 Å². The summed E-state index contributed by atoms with van der Waals surface area (Å²) in [7, 11) is 0. The van der Waals surface area contributed by atoms with Gasteiger partial charge < -0.3 is 24.1 Å². The number of hydrogen-bond donors (Lipinski definition) is 1. The Kier molecular flexibility index (Phi) is 41.0. The van der Waals surface area contributed by atoms with Crippen LogP contribution in [0, 0.1) is 84.5 Å². The molecule has 9 atom stereocenters. The van der Waals surface area contributed by atoms with Crippen LogP contribution in [0.2, 0.25) is 0 Å². The number of aliphatic hydroxyl groups is 1. The summed E-state index contributed by atoms with van der Waals surface area (Å²) in [6.07, 6.45) is 39.5. The molecular weight excluding hydrogens is 1450 g/mol. The number of aryl methyl sites for hydroxylation is 1. The first kappa shape index (κ1) is 90.4. The molecule has 0 bridgehead atoms. The molecule has 99 heavy (non-hydrogen) atoms. The Bertz CT molecular complexity index is 2890. The number of carbonyl (C=O) groups is 4. The van der Waals surface area contributed by atoms with Crippen molar-refractivity contribution in [3.63, 3.8) is 0 Å². The number of Topliss-reactive ketones (excluding diaryl/α,β-unsaturated/α-hetero) is 2. The van der Waals surface area contributed by atoms with Gasteiger partial charge in [-0.05, 0) is 265 Å². The number of benzene rings is 2. The van der Waals surface area contributed by atoms with E-state index in [0.29, 0.717) is 50.6 Å². The monoisotopic (exact) mass is 1600 g/mol. The molecular formula is C88H146I2O9. The predicted molar refractivity (Wildman–Crippen MR) is 435 cm³/mol. The van der Waals surface area contributed by atoms with Gasteiger partial charge in [0, 0.05) is 36.1 Å². The van der Waals surface area contributed by atoms with Crippen LogP contribution in [0.15, 0.2) is 26.4 Å². The van der Waals surface area contributed by atoms with Gasteiger partial charge in [-0.2, -0.15) is 0 Å². The van der Waals surface area contributed by atoms with Crippen molar-refractivity contribution in [2.45, 2.75) is 388 Å². The van der Waals surface area contributed by atoms with Crippen LogP contribution < -0.4 is 18.9 Å². The van der Waals surface area contributed by atoms with E-state index in [1.165, 1.54) is 166 Å². The van der Waals surface area contributed by atoms with Crippen LogP contribution >= 0.6 is 45.2 Å². The van der Waals surface area contributed by atoms with Crippen LogP contribution in [-0.4, -0.2) is 45.4 Å². The summed E-state index contributed by atoms with van der Waals surface area (Å²) in [5.41, 5.74) is 7.25. The summed E-state index contributed by atoms with van der Waals surface area (Å²) in [4.78, 5) is 47.9. The second-order valence-electron chi connectivity index (χ2n) is 34.4. The Labute approximate surface area is 634 Å². The molecule has 0 fully saturated rings. The van der Waals surface area contributed by atoms with Gasteiger partial charge in [-0.3, -0.25) is 19.2 Å². The molecule has 0 aromatic heterocycles.